The van der Waals surface area contributed by atoms with Crippen LogP contribution in [0.25, 0.3) is 0 Å². The first-order chi connectivity index (χ1) is 9.83. The number of rotatable bonds is 4. The highest BCUT2D eigenvalue weighted by molar-refractivity contribution is 9.10. The molecule has 20 heavy (non-hydrogen) atoms. The Morgan fingerprint density at radius 1 is 1.10 bits per heavy atom. The van der Waals surface area contributed by atoms with E-state index in [1.165, 1.54) is 37.2 Å². The molecule has 2 heterocycles. The molecule has 3 nitrogen and oxygen atoms in total. The number of pyridine rings is 1. The van der Waals surface area contributed by atoms with Crippen LogP contribution in [-0.4, -0.2) is 18.1 Å². The number of hydrogen-bond acceptors (Lipinski definition) is 3. The molecule has 104 valence electrons. The summed E-state index contributed by atoms with van der Waals surface area (Å²) in [7, 11) is 0. The predicted molar refractivity (Wildman–Crippen MR) is 87.2 cm³/mol. The predicted octanol–water partition coefficient (Wildman–Crippen LogP) is 4.06. The van der Waals surface area contributed by atoms with Gasteiger partial charge in [-0.05, 0) is 58.6 Å². The molecule has 1 aliphatic heterocycles. The minimum absolute atomic E-state index is 0.810. The average molecular weight is 332 g/mol. The van der Waals surface area contributed by atoms with Gasteiger partial charge in [0, 0.05) is 31.5 Å². The zero-order valence-corrected chi connectivity index (χ0v) is 12.9. The minimum atomic E-state index is 0.810. The van der Waals surface area contributed by atoms with Gasteiger partial charge >= 0.3 is 0 Å². The molecule has 1 aliphatic rings. The van der Waals surface area contributed by atoms with Crippen LogP contribution in [0.15, 0.2) is 47.2 Å². The van der Waals surface area contributed by atoms with E-state index < -0.39 is 0 Å². The van der Waals surface area contributed by atoms with Crippen LogP contribution in [0.5, 0.6) is 0 Å². The summed E-state index contributed by atoms with van der Waals surface area (Å²) in [6.07, 6.45) is 4.41. The van der Waals surface area contributed by atoms with Gasteiger partial charge in [-0.15, -0.1) is 0 Å². The van der Waals surface area contributed by atoms with Crippen LogP contribution in [0.1, 0.15) is 18.4 Å². The van der Waals surface area contributed by atoms with E-state index in [2.05, 4.69) is 55.4 Å². The van der Waals surface area contributed by atoms with Crippen LogP contribution in [-0.2, 0) is 6.54 Å². The Labute approximate surface area is 128 Å². The largest absolute Gasteiger partial charge is 0.379 e. The van der Waals surface area contributed by atoms with Gasteiger partial charge in [0.25, 0.3) is 0 Å². The highest BCUT2D eigenvalue weighted by atomic mass is 79.9. The van der Waals surface area contributed by atoms with Gasteiger partial charge in [0.2, 0.25) is 0 Å². The number of hydrogen-bond donors (Lipinski definition) is 1. The Balaban J connectivity index is 1.62. The lowest BCUT2D eigenvalue weighted by Crippen LogP contribution is -2.17. The minimum Gasteiger partial charge on any atom is -0.379 e. The van der Waals surface area contributed by atoms with E-state index in [4.69, 9.17) is 0 Å². The molecule has 1 saturated heterocycles. The van der Waals surface area contributed by atoms with E-state index >= 15 is 0 Å². The van der Waals surface area contributed by atoms with Gasteiger partial charge < -0.3 is 10.2 Å². The Bertz CT molecular complexity index is 562. The van der Waals surface area contributed by atoms with Gasteiger partial charge in [0.1, 0.15) is 4.60 Å². The van der Waals surface area contributed by atoms with Crippen molar-refractivity contribution in [3.05, 3.63) is 52.8 Å². The van der Waals surface area contributed by atoms with Crippen molar-refractivity contribution in [3.63, 3.8) is 0 Å². The van der Waals surface area contributed by atoms with Crippen molar-refractivity contribution in [2.24, 2.45) is 0 Å². The third kappa shape index (κ3) is 3.12. The number of aromatic nitrogens is 1. The van der Waals surface area contributed by atoms with Crippen molar-refractivity contribution >= 4 is 27.3 Å². The van der Waals surface area contributed by atoms with Crippen LogP contribution >= 0.6 is 15.9 Å². The summed E-state index contributed by atoms with van der Waals surface area (Å²) in [5.74, 6) is 0. The zero-order valence-electron chi connectivity index (χ0n) is 11.3. The van der Waals surface area contributed by atoms with Crippen LogP contribution in [0, 0.1) is 0 Å². The number of anilines is 2. The second-order valence-corrected chi connectivity index (χ2v) is 5.81. The van der Waals surface area contributed by atoms with Gasteiger partial charge in [-0.1, -0.05) is 12.1 Å². The van der Waals surface area contributed by atoms with Crippen molar-refractivity contribution in [2.75, 3.05) is 23.3 Å². The van der Waals surface area contributed by atoms with E-state index in [9.17, 15) is 0 Å². The Morgan fingerprint density at radius 2 is 1.85 bits per heavy atom. The van der Waals surface area contributed by atoms with Crippen LogP contribution < -0.4 is 10.2 Å². The van der Waals surface area contributed by atoms with E-state index in [1.54, 1.807) is 6.20 Å². The topological polar surface area (TPSA) is 28.2 Å². The summed E-state index contributed by atoms with van der Waals surface area (Å²) in [5.41, 5.74) is 3.65. The first-order valence-electron chi connectivity index (χ1n) is 7.01. The molecule has 1 N–H and O–H groups in total. The monoisotopic (exact) mass is 331 g/mol. The first-order valence-corrected chi connectivity index (χ1v) is 7.80. The van der Waals surface area contributed by atoms with E-state index in [0.717, 1.165) is 16.8 Å². The quantitative estimate of drug-likeness (QED) is 0.856. The number of nitrogens with one attached hydrogen (secondary N) is 1. The number of nitrogens with zero attached hydrogens (tertiary/aromatic N) is 2. The maximum atomic E-state index is 4.21. The summed E-state index contributed by atoms with van der Waals surface area (Å²) >= 11 is 3.45. The van der Waals surface area contributed by atoms with Crippen LogP contribution in [0.2, 0.25) is 0 Å². The fraction of sp³-hybridized carbons (Fsp3) is 0.312. The molecule has 3 rings (SSSR count). The Morgan fingerprint density at radius 3 is 2.55 bits per heavy atom. The molecule has 0 spiro atoms. The summed E-state index contributed by atoms with van der Waals surface area (Å²) in [4.78, 5) is 6.66. The Kier molecular flexibility index (Phi) is 4.21. The number of halogens is 1. The maximum Gasteiger partial charge on any atom is 0.129 e. The van der Waals surface area contributed by atoms with Crippen molar-refractivity contribution in [2.45, 2.75) is 19.4 Å². The maximum absolute atomic E-state index is 4.21. The first kappa shape index (κ1) is 13.4. The van der Waals surface area contributed by atoms with Gasteiger partial charge in [-0.25, -0.2) is 4.98 Å². The summed E-state index contributed by atoms with van der Waals surface area (Å²) < 4.78 is 0.855. The molecule has 0 unspecified atom stereocenters. The molecule has 0 bridgehead atoms. The molecule has 0 aliphatic carbocycles. The lowest BCUT2D eigenvalue weighted by Gasteiger charge is -2.17. The Hall–Kier alpha value is -1.55. The van der Waals surface area contributed by atoms with Crippen molar-refractivity contribution in [1.82, 2.24) is 4.98 Å². The molecule has 1 fully saturated rings. The summed E-state index contributed by atoms with van der Waals surface area (Å²) in [6, 6.07) is 12.8. The summed E-state index contributed by atoms with van der Waals surface area (Å²) in [5, 5.41) is 3.40. The highest BCUT2D eigenvalue weighted by Crippen LogP contribution is 2.22. The molecule has 1 aromatic heterocycles. The fourth-order valence-corrected chi connectivity index (χ4v) is 2.91. The van der Waals surface area contributed by atoms with Gasteiger partial charge in [0.15, 0.2) is 0 Å². The van der Waals surface area contributed by atoms with Crippen LogP contribution in [0.3, 0.4) is 0 Å². The molecule has 1 aromatic carbocycles. The van der Waals surface area contributed by atoms with Crippen LogP contribution in [0.4, 0.5) is 11.4 Å². The summed E-state index contributed by atoms with van der Waals surface area (Å²) in [6.45, 7) is 3.20. The van der Waals surface area contributed by atoms with E-state index in [-0.39, 0.29) is 0 Å². The second kappa shape index (κ2) is 6.27. The van der Waals surface area contributed by atoms with Gasteiger partial charge in [0.05, 0.1) is 5.69 Å². The van der Waals surface area contributed by atoms with E-state index in [1.807, 2.05) is 12.1 Å². The third-order valence-electron chi connectivity index (χ3n) is 3.65. The van der Waals surface area contributed by atoms with Crippen molar-refractivity contribution in [1.29, 1.82) is 0 Å². The SMILES string of the molecule is Brc1ncccc1NCc1ccc(N2CCCC2)cc1. The fourth-order valence-electron chi connectivity index (χ4n) is 2.52. The molecule has 4 heteroatoms. The smallest absolute Gasteiger partial charge is 0.129 e. The number of benzene rings is 1. The molecule has 0 saturated carbocycles. The van der Waals surface area contributed by atoms with Gasteiger partial charge in [-0.3, -0.25) is 0 Å². The third-order valence-corrected chi connectivity index (χ3v) is 4.28. The lowest BCUT2D eigenvalue weighted by atomic mass is 10.2. The molecule has 0 radical (unpaired) electrons. The standard InChI is InChI=1S/C16H18BrN3/c17-16-15(4-3-9-18-16)19-12-13-5-7-14(8-6-13)20-10-1-2-11-20/h3-9,19H,1-2,10-12H2. The van der Waals surface area contributed by atoms with Crippen molar-refractivity contribution in [3.8, 4) is 0 Å². The highest BCUT2D eigenvalue weighted by Gasteiger charge is 2.11. The lowest BCUT2D eigenvalue weighted by molar-refractivity contribution is 0.949. The molecular formula is C16H18BrN3. The zero-order chi connectivity index (χ0) is 13.8. The molecular weight excluding hydrogens is 314 g/mol. The normalized spacial score (nSPS) is 14.6. The second-order valence-electron chi connectivity index (χ2n) is 5.06. The van der Waals surface area contributed by atoms with Crippen molar-refractivity contribution < 1.29 is 0 Å². The van der Waals surface area contributed by atoms with E-state index in [0.29, 0.717) is 0 Å². The molecule has 2 aromatic rings. The molecule has 0 amide bonds. The average Bonchev–Trinajstić information content (AvgIpc) is 3.01. The van der Waals surface area contributed by atoms with Gasteiger partial charge in [-0.2, -0.15) is 0 Å². The molecule has 0 atom stereocenters.